The predicted octanol–water partition coefficient (Wildman–Crippen LogP) is 6.00. The van der Waals surface area contributed by atoms with Crippen LogP contribution in [0.4, 0.5) is 0 Å². The minimum Gasteiger partial charge on any atom is -0.310 e. The van der Waals surface area contributed by atoms with Crippen molar-refractivity contribution < 1.29 is 0 Å². The molecule has 6 atom stereocenters. The van der Waals surface area contributed by atoms with Crippen molar-refractivity contribution in [3.05, 3.63) is 11.6 Å². The van der Waals surface area contributed by atoms with Gasteiger partial charge in [0.15, 0.2) is 0 Å². The number of fused-ring (bicyclic) bond motifs is 5. The van der Waals surface area contributed by atoms with E-state index in [9.17, 15) is 0 Å². The van der Waals surface area contributed by atoms with Gasteiger partial charge in [-0.05, 0) is 93.3 Å². The maximum Gasteiger partial charge on any atom is 0.00946 e. The van der Waals surface area contributed by atoms with Gasteiger partial charge in [-0.15, -0.1) is 0 Å². The molecule has 0 bridgehead atoms. The Bertz CT molecular complexity index is 518. The minimum atomic E-state index is 0.444. The van der Waals surface area contributed by atoms with E-state index in [1.807, 2.05) is 5.57 Å². The molecule has 4 aliphatic rings. The van der Waals surface area contributed by atoms with E-state index in [2.05, 4.69) is 26.8 Å². The van der Waals surface area contributed by atoms with Gasteiger partial charge in [0.05, 0.1) is 0 Å². The van der Waals surface area contributed by atoms with Crippen LogP contribution in [0.5, 0.6) is 0 Å². The zero-order valence-corrected chi connectivity index (χ0v) is 14.8. The fourth-order valence-electron chi connectivity index (χ4n) is 7.47. The summed E-state index contributed by atoms with van der Waals surface area (Å²) in [5.74, 6) is 3.37. The van der Waals surface area contributed by atoms with Gasteiger partial charge in [-0.25, -0.2) is 0 Å². The van der Waals surface area contributed by atoms with Crippen LogP contribution in [0.1, 0.15) is 78.6 Å². The second kappa shape index (κ2) is 4.95. The van der Waals surface area contributed by atoms with Gasteiger partial charge in [0, 0.05) is 11.6 Å². The quantitative estimate of drug-likeness (QED) is 0.454. The van der Waals surface area contributed by atoms with Crippen molar-refractivity contribution in [3.8, 4) is 0 Å². The summed E-state index contributed by atoms with van der Waals surface area (Å²) in [5, 5.41) is 8.25. The first-order valence-corrected chi connectivity index (χ1v) is 9.71. The van der Waals surface area contributed by atoms with Crippen molar-refractivity contribution in [2.45, 2.75) is 78.6 Å². The molecule has 1 N–H and O–H groups in total. The molecule has 122 valence electrons. The van der Waals surface area contributed by atoms with Crippen LogP contribution in [0.15, 0.2) is 11.6 Å². The summed E-state index contributed by atoms with van der Waals surface area (Å²) in [4.78, 5) is 0. The first kappa shape index (κ1) is 15.0. The Balaban J connectivity index is 1.67. The molecule has 0 aromatic rings. The van der Waals surface area contributed by atoms with Crippen LogP contribution < -0.4 is 0 Å². The lowest BCUT2D eigenvalue weighted by atomic mass is 9.47. The first-order chi connectivity index (χ1) is 10.5. The summed E-state index contributed by atoms with van der Waals surface area (Å²) >= 11 is 0. The smallest absolute Gasteiger partial charge is 0.00946 e. The Kier molecular flexibility index (Phi) is 3.37. The minimum absolute atomic E-state index is 0.444. The number of hydrogen-bond donors (Lipinski definition) is 1. The van der Waals surface area contributed by atoms with Crippen molar-refractivity contribution in [2.24, 2.45) is 34.5 Å². The molecule has 0 amide bonds. The Hall–Kier alpha value is -0.590. The van der Waals surface area contributed by atoms with Gasteiger partial charge in [-0.2, -0.15) is 0 Å². The summed E-state index contributed by atoms with van der Waals surface area (Å²) in [5.41, 5.74) is 3.75. The van der Waals surface area contributed by atoms with E-state index in [0.29, 0.717) is 16.7 Å². The van der Waals surface area contributed by atoms with Gasteiger partial charge in [0.2, 0.25) is 0 Å². The third-order valence-corrected chi connectivity index (χ3v) is 8.55. The van der Waals surface area contributed by atoms with Crippen molar-refractivity contribution in [1.29, 1.82) is 5.41 Å². The van der Waals surface area contributed by atoms with Crippen LogP contribution in [0.25, 0.3) is 0 Å². The molecule has 0 radical (unpaired) electrons. The molecule has 0 aliphatic heterocycles. The summed E-state index contributed by atoms with van der Waals surface area (Å²) in [6.45, 7) is 7.21. The van der Waals surface area contributed by atoms with Crippen molar-refractivity contribution in [3.63, 3.8) is 0 Å². The molecule has 4 rings (SSSR count). The van der Waals surface area contributed by atoms with E-state index in [4.69, 9.17) is 5.41 Å². The highest BCUT2D eigenvalue weighted by atomic mass is 14.6. The normalized spacial score (nSPS) is 50.6. The van der Waals surface area contributed by atoms with E-state index in [0.717, 1.165) is 23.5 Å². The van der Waals surface area contributed by atoms with Crippen molar-refractivity contribution in [2.75, 3.05) is 0 Å². The Morgan fingerprint density at radius 3 is 2.68 bits per heavy atom. The highest BCUT2D eigenvalue weighted by Gasteiger charge is 2.58. The topological polar surface area (TPSA) is 23.9 Å². The van der Waals surface area contributed by atoms with E-state index in [-0.39, 0.29) is 0 Å². The molecule has 1 nitrogen and oxygen atoms in total. The molecule has 3 saturated carbocycles. The third-order valence-electron chi connectivity index (χ3n) is 8.55. The lowest BCUT2D eigenvalue weighted by molar-refractivity contribution is -0.0431. The van der Waals surface area contributed by atoms with E-state index >= 15 is 0 Å². The molecule has 0 heterocycles. The molecule has 0 aromatic heterocycles. The average molecular weight is 300 g/mol. The largest absolute Gasteiger partial charge is 0.310 e. The highest BCUT2D eigenvalue weighted by molar-refractivity contribution is 5.82. The number of hydrogen-bond acceptors (Lipinski definition) is 1. The summed E-state index contributed by atoms with van der Waals surface area (Å²) < 4.78 is 0. The Morgan fingerprint density at radius 2 is 1.91 bits per heavy atom. The van der Waals surface area contributed by atoms with Crippen LogP contribution in [-0.2, 0) is 0 Å². The monoisotopic (exact) mass is 299 g/mol. The van der Waals surface area contributed by atoms with E-state index < -0.39 is 0 Å². The molecular formula is C21H33N. The average Bonchev–Trinajstić information content (AvgIpc) is 2.84. The second-order valence-corrected chi connectivity index (χ2v) is 9.31. The van der Waals surface area contributed by atoms with Gasteiger partial charge in [-0.3, -0.25) is 0 Å². The lowest BCUT2D eigenvalue weighted by Crippen LogP contribution is -2.50. The Labute approximate surface area is 136 Å². The highest BCUT2D eigenvalue weighted by Crippen LogP contribution is 2.66. The van der Waals surface area contributed by atoms with Crippen LogP contribution in [0, 0.1) is 39.9 Å². The van der Waals surface area contributed by atoms with Gasteiger partial charge < -0.3 is 5.41 Å². The van der Waals surface area contributed by atoms with Crippen molar-refractivity contribution in [1.82, 2.24) is 0 Å². The predicted molar refractivity (Wildman–Crippen MR) is 93.2 cm³/mol. The van der Waals surface area contributed by atoms with Gasteiger partial charge >= 0.3 is 0 Å². The van der Waals surface area contributed by atoms with Crippen LogP contribution in [0.3, 0.4) is 0 Å². The van der Waals surface area contributed by atoms with Gasteiger partial charge in [0.1, 0.15) is 0 Å². The fourth-order valence-corrected chi connectivity index (χ4v) is 7.47. The molecule has 3 fully saturated rings. The summed E-state index contributed by atoms with van der Waals surface area (Å²) in [7, 11) is 0. The van der Waals surface area contributed by atoms with Gasteiger partial charge in [-0.1, -0.05) is 25.5 Å². The SMILES string of the molecule is CC(=N)C1CCC2C3CCC4=CCCCC4(C)C3CCC12C. The van der Waals surface area contributed by atoms with Gasteiger partial charge in [0.25, 0.3) is 0 Å². The maximum atomic E-state index is 8.25. The fraction of sp³-hybridized carbons (Fsp3) is 0.857. The summed E-state index contributed by atoms with van der Waals surface area (Å²) in [6.07, 6.45) is 15.1. The molecule has 4 aliphatic carbocycles. The molecule has 22 heavy (non-hydrogen) atoms. The second-order valence-electron chi connectivity index (χ2n) is 9.31. The van der Waals surface area contributed by atoms with Crippen LogP contribution in [0.2, 0.25) is 0 Å². The number of allylic oxidation sites excluding steroid dienone is 2. The lowest BCUT2D eigenvalue weighted by Gasteiger charge is -2.58. The number of rotatable bonds is 1. The van der Waals surface area contributed by atoms with E-state index in [1.54, 1.807) is 0 Å². The molecule has 6 unspecified atom stereocenters. The zero-order valence-electron chi connectivity index (χ0n) is 14.8. The standard InChI is InChI=1S/C21H33N/c1-14(22)17-9-10-18-16-8-7-15-6-4-5-12-20(15,2)19(16)11-13-21(17,18)3/h6,16-19,22H,4-5,7-13H2,1-3H3. The van der Waals surface area contributed by atoms with Crippen LogP contribution in [-0.4, -0.2) is 5.71 Å². The summed E-state index contributed by atoms with van der Waals surface area (Å²) in [6, 6.07) is 0. The molecular weight excluding hydrogens is 266 g/mol. The van der Waals surface area contributed by atoms with Crippen LogP contribution >= 0.6 is 0 Å². The van der Waals surface area contributed by atoms with E-state index in [1.165, 1.54) is 57.8 Å². The molecule has 0 spiro atoms. The maximum absolute atomic E-state index is 8.25. The number of nitrogens with one attached hydrogen (secondary N) is 1. The van der Waals surface area contributed by atoms with Crippen molar-refractivity contribution >= 4 is 5.71 Å². The molecule has 1 heteroatoms. The molecule has 0 aromatic carbocycles. The first-order valence-electron chi connectivity index (χ1n) is 9.71. The molecule has 0 saturated heterocycles. The zero-order chi connectivity index (χ0) is 15.5. The Morgan fingerprint density at radius 1 is 1.09 bits per heavy atom. The third kappa shape index (κ3) is 1.86.